The number of nitrogens with one attached hydrogen (secondary N) is 1. The van der Waals surface area contributed by atoms with Crippen molar-refractivity contribution in [2.45, 2.75) is 26.8 Å². The van der Waals surface area contributed by atoms with Gasteiger partial charge in [-0.25, -0.2) is 0 Å². The predicted octanol–water partition coefficient (Wildman–Crippen LogP) is 3.04. The van der Waals surface area contributed by atoms with E-state index < -0.39 is 6.35 Å². The number of ether oxygens (including phenoxy) is 2. The molecule has 3 rings (SSSR count). The van der Waals surface area contributed by atoms with Crippen LogP contribution in [0.25, 0.3) is 0 Å². The summed E-state index contributed by atoms with van der Waals surface area (Å²) < 4.78 is 10.8. The van der Waals surface area contributed by atoms with Crippen LogP contribution in [0.15, 0.2) is 58.8 Å². The van der Waals surface area contributed by atoms with Gasteiger partial charge in [0.2, 0.25) is 12.2 Å². The maximum absolute atomic E-state index is 5.60. The number of nitrogens with zero attached hydrogens (tertiary/aromatic N) is 2. The van der Waals surface area contributed by atoms with Crippen molar-refractivity contribution in [2.75, 3.05) is 12.9 Å². The van der Waals surface area contributed by atoms with E-state index in [9.17, 15) is 0 Å². The third-order valence-corrected chi connectivity index (χ3v) is 3.77. The minimum absolute atomic E-state index is 0.215. The SMILES string of the molecule is C/C(=N\OCc1ccc(C)cc1)c1ccc(OCC2=NNC(N)O2)cc1.CS. The van der Waals surface area contributed by atoms with Gasteiger partial charge in [-0.05, 0) is 55.5 Å². The molecule has 1 atom stereocenters. The van der Waals surface area contributed by atoms with Crippen molar-refractivity contribution < 1.29 is 14.3 Å². The lowest BCUT2D eigenvalue weighted by Crippen LogP contribution is -2.32. The Labute approximate surface area is 171 Å². The molecule has 7 nitrogen and oxygen atoms in total. The predicted molar refractivity (Wildman–Crippen MR) is 115 cm³/mol. The average Bonchev–Trinajstić information content (AvgIpc) is 3.15. The summed E-state index contributed by atoms with van der Waals surface area (Å²) in [6.45, 7) is 4.61. The Hall–Kier alpha value is -2.71. The minimum Gasteiger partial charge on any atom is -0.484 e. The van der Waals surface area contributed by atoms with Crippen LogP contribution >= 0.6 is 12.6 Å². The standard InChI is InChI=1S/C19H22N4O3.CH4S/c1-13-3-5-15(6-4-13)11-25-23-14(2)16-7-9-17(10-8-16)24-12-18-21-22-19(20)26-18;1-2/h3-10,19,22H,11-12,20H2,1-2H3;2H,1H3/b23-14+;. The first-order valence-corrected chi connectivity index (χ1v) is 9.64. The number of rotatable bonds is 7. The van der Waals surface area contributed by atoms with Crippen molar-refractivity contribution in [3.63, 3.8) is 0 Å². The van der Waals surface area contributed by atoms with Gasteiger partial charge in [0.25, 0.3) is 0 Å². The number of hydrazone groups is 1. The molecule has 1 aliphatic rings. The molecule has 1 aliphatic heterocycles. The summed E-state index contributed by atoms with van der Waals surface area (Å²) in [5, 5.41) is 8.07. The summed E-state index contributed by atoms with van der Waals surface area (Å²) in [5.41, 5.74) is 12.2. The van der Waals surface area contributed by atoms with Gasteiger partial charge in [-0.2, -0.15) is 12.6 Å². The van der Waals surface area contributed by atoms with Crippen molar-refractivity contribution in [3.05, 3.63) is 65.2 Å². The van der Waals surface area contributed by atoms with E-state index in [0.29, 0.717) is 18.3 Å². The molecule has 0 amide bonds. The molecule has 3 N–H and O–H groups in total. The Morgan fingerprint density at radius 2 is 1.82 bits per heavy atom. The second kappa shape index (κ2) is 11.2. The van der Waals surface area contributed by atoms with Gasteiger partial charge in [0.05, 0.1) is 5.71 Å². The second-order valence-corrected chi connectivity index (χ2v) is 5.92. The van der Waals surface area contributed by atoms with Crippen LogP contribution in [0.5, 0.6) is 5.75 Å². The van der Waals surface area contributed by atoms with Gasteiger partial charge < -0.3 is 14.3 Å². The van der Waals surface area contributed by atoms with Gasteiger partial charge in [-0.1, -0.05) is 35.0 Å². The first kappa shape index (κ1) is 21.6. The third kappa shape index (κ3) is 6.79. The van der Waals surface area contributed by atoms with Crippen LogP contribution in [-0.2, 0) is 16.2 Å². The van der Waals surface area contributed by atoms with E-state index in [1.165, 1.54) is 5.56 Å². The molecule has 2 aromatic carbocycles. The van der Waals surface area contributed by atoms with E-state index in [1.54, 1.807) is 6.26 Å². The lowest BCUT2D eigenvalue weighted by Gasteiger charge is -2.08. The van der Waals surface area contributed by atoms with Crippen LogP contribution in [0.4, 0.5) is 0 Å². The fourth-order valence-corrected chi connectivity index (χ4v) is 2.28. The highest BCUT2D eigenvalue weighted by molar-refractivity contribution is 7.79. The number of benzene rings is 2. The smallest absolute Gasteiger partial charge is 0.247 e. The van der Waals surface area contributed by atoms with E-state index in [-0.39, 0.29) is 6.61 Å². The van der Waals surface area contributed by atoms with Crippen LogP contribution in [0.3, 0.4) is 0 Å². The number of nitrogens with two attached hydrogens (primary N) is 1. The first-order chi connectivity index (χ1) is 13.6. The quantitative estimate of drug-likeness (QED) is 0.376. The molecule has 0 saturated carbocycles. The molecule has 8 heteroatoms. The molecule has 0 aromatic heterocycles. The number of thiol groups is 1. The summed E-state index contributed by atoms with van der Waals surface area (Å²) >= 11 is 3.53. The van der Waals surface area contributed by atoms with Crippen molar-refractivity contribution in [1.82, 2.24) is 5.43 Å². The zero-order chi connectivity index (χ0) is 20.4. The van der Waals surface area contributed by atoms with E-state index in [1.807, 2.05) is 43.3 Å². The van der Waals surface area contributed by atoms with Crippen LogP contribution in [0, 0.1) is 6.92 Å². The zero-order valence-electron chi connectivity index (χ0n) is 16.3. The Balaban J connectivity index is 0.00000136. The summed E-state index contributed by atoms with van der Waals surface area (Å²) in [6.07, 6.45) is 1.09. The zero-order valence-corrected chi connectivity index (χ0v) is 17.1. The second-order valence-electron chi connectivity index (χ2n) is 5.92. The molecule has 0 saturated heterocycles. The van der Waals surface area contributed by atoms with E-state index in [0.717, 1.165) is 16.8 Å². The Morgan fingerprint density at radius 1 is 1.14 bits per heavy atom. The molecule has 1 unspecified atom stereocenters. The number of oxime groups is 1. The van der Waals surface area contributed by atoms with Gasteiger partial charge >= 0.3 is 0 Å². The van der Waals surface area contributed by atoms with Gasteiger partial charge in [-0.3, -0.25) is 11.2 Å². The molecule has 0 aliphatic carbocycles. The number of aryl methyl sites for hydroxylation is 1. The molecule has 0 bridgehead atoms. The highest BCUT2D eigenvalue weighted by Gasteiger charge is 2.14. The molecule has 28 heavy (non-hydrogen) atoms. The van der Waals surface area contributed by atoms with Crippen molar-refractivity contribution >= 4 is 24.2 Å². The Morgan fingerprint density at radius 3 is 2.43 bits per heavy atom. The summed E-state index contributed by atoms with van der Waals surface area (Å²) in [7, 11) is 0. The molecular weight excluding hydrogens is 376 g/mol. The van der Waals surface area contributed by atoms with Gasteiger partial charge in [0.15, 0.2) is 6.61 Å². The molecule has 150 valence electrons. The molecule has 0 fully saturated rings. The molecule has 0 radical (unpaired) electrons. The van der Waals surface area contributed by atoms with Crippen molar-refractivity contribution in [3.8, 4) is 5.75 Å². The fourth-order valence-electron chi connectivity index (χ4n) is 2.28. The van der Waals surface area contributed by atoms with Gasteiger partial charge in [0.1, 0.15) is 12.4 Å². The molecular formula is C20H26N4O3S. The third-order valence-electron chi connectivity index (χ3n) is 3.77. The number of hydrogen-bond donors (Lipinski definition) is 3. The first-order valence-electron chi connectivity index (χ1n) is 8.74. The van der Waals surface area contributed by atoms with Crippen molar-refractivity contribution in [2.24, 2.45) is 16.0 Å². The Bertz CT molecular complexity index is 792. The minimum atomic E-state index is -0.602. The lowest BCUT2D eigenvalue weighted by atomic mass is 10.1. The number of hydrogen-bond acceptors (Lipinski definition) is 8. The largest absolute Gasteiger partial charge is 0.484 e. The van der Waals surface area contributed by atoms with Crippen LogP contribution in [0.2, 0.25) is 0 Å². The fraction of sp³-hybridized carbons (Fsp3) is 0.300. The molecule has 2 aromatic rings. The van der Waals surface area contributed by atoms with Crippen LogP contribution in [0.1, 0.15) is 23.6 Å². The lowest BCUT2D eigenvalue weighted by molar-refractivity contribution is 0.130. The highest BCUT2D eigenvalue weighted by atomic mass is 32.1. The van der Waals surface area contributed by atoms with Gasteiger partial charge in [0, 0.05) is 0 Å². The van der Waals surface area contributed by atoms with E-state index in [4.69, 9.17) is 20.0 Å². The monoisotopic (exact) mass is 402 g/mol. The summed E-state index contributed by atoms with van der Waals surface area (Å²) in [6, 6.07) is 15.7. The average molecular weight is 403 g/mol. The van der Waals surface area contributed by atoms with E-state index in [2.05, 4.69) is 47.4 Å². The molecule has 1 heterocycles. The van der Waals surface area contributed by atoms with Crippen LogP contribution in [-0.4, -0.2) is 30.8 Å². The maximum atomic E-state index is 5.60. The molecule has 0 spiro atoms. The summed E-state index contributed by atoms with van der Waals surface area (Å²) in [4.78, 5) is 5.44. The Kier molecular flexibility index (Phi) is 8.64. The van der Waals surface area contributed by atoms with Crippen LogP contribution < -0.4 is 15.9 Å². The normalized spacial score (nSPS) is 15.5. The van der Waals surface area contributed by atoms with Gasteiger partial charge in [-0.15, -0.1) is 5.10 Å². The topological polar surface area (TPSA) is 90.5 Å². The van der Waals surface area contributed by atoms with Crippen molar-refractivity contribution in [1.29, 1.82) is 0 Å². The summed E-state index contributed by atoms with van der Waals surface area (Å²) in [5.74, 6) is 1.12. The maximum Gasteiger partial charge on any atom is 0.247 e. The highest BCUT2D eigenvalue weighted by Crippen LogP contribution is 2.14. The van der Waals surface area contributed by atoms with E-state index >= 15 is 0 Å².